The molecule has 1 amide bonds. The van der Waals surface area contributed by atoms with Crippen molar-refractivity contribution >= 4 is 23.0 Å². The van der Waals surface area contributed by atoms with E-state index < -0.39 is 0 Å². The fraction of sp³-hybridized carbons (Fsp3) is 0.333. The molecular formula is C24H24N6O2. The maximum absolute atomic E-state index is 13.6. The molecule has 2 unspecified atom stereocenters. The Hall–Kier alpha value is -3.68. The molecule has 4 aromatic rings. The van der Waals surface area contributed by atoms with Crippen LogP contribution in [-0.2, 0) is 0 Å². The summed E-state index contributed by atoms with van der Waals surface area (Å²) in [5.74, 6) is 0.820. The highest BCUT2D eigenvalue weighted by molar-refractivity contribution is 5.98. The molecule has 4 heterocycles. The highest BCUT2D eigenvalue weighted by Crippen LogP contribution is 2.33. The number of para-hydroxylation sites is 2. The van der Waals surface area contributed by atoms with Crippen LogP contribution in [0.3, 0.4) is 0 Å². The van der Waals surface area contributed by atoms with Crippen molar-refractivity contribution in [3.05, 3.63) is 66.0 Å². The third kappa shape index (κ3) is 3.32. The molecule has 2 bridgehead atoms. The number of carbonyl (C=O) groups is 1. The summed E-state index contributed by atoms with van der Waals surface area (Å²) in [6, 6.07) is 14.4. The van der Waals surface area contributed by atoms with Crippen LogP contribution in [0.2, 0.25) is 0 Å². The Morgan fingerprint density at radius 1 is 1.00 bits per heavy atom. The van der Waals surface area contributed by atoms with Crippen LogP contribution in [0.5, 0.6) is 0 Å². The van der Waals surface area contributed by atoms with E-state index in [-0.39, 0.29) is 5.91 Å². The number of nitrogens with zero attached hydrogens (tertiary/aromatic N) is 6. The number of likely N-dealkylation sites (tertiary alicyclic amines) is 1. The number of fused-ring (bicyclic) bond motifs is 3. The standard InChI is InChI=1S/C24H24N6O2/c1-16-6-7-21(30-25-8-9-26-30)19(10-16)23(31)28-12-17-11-18(13-28)15-29(14-17)24-27-20-4-2-3-5-22(20)32-24/h2-10,17-18H,11-15H2,1H3. The van der Waals surface area contributed by atoms with Gasteiger partial charge in [0.25, 0.3) is 11.9 Å². The maximum Gasteiger partial charge on any atom is 0.298 e. The molecule has 2 fully saturated rings. The average Bonchev–Trinajstić information content (AvgIpc) is 3.48. The van der Waals surface area contributed by atoms with E-state index in [1.165, 1.54) is 4.80 Å². The molecule has 0 radical (unpaired) electrons. The fourth-order valence-electron chi connectivity index (χ4n) is 5.10. The molecule has 162 valence electrons. The zero-order chi connectivity index (χ0) is 21.7. The quantitative estimate of drug-likeness (QED) is 0.498. The second kappa shape index (κ2) is 7.47. The van der Waals surface area contributed by atoms with E-state index in [9.17, 15) is 4.79 Å². The van der Waals surface area contributed by atoms with Crippen molar-refractivity contribution in [2.75, 3.05) is 31.1 Å². The fourth-order valence-corrected chi connectivity index (χ4v) is 5.10. The molecular weight excluding hydrogens is 404 g/mol. The zero-order valence-electron chi connectivity index (χ0n) is 17.9. The van der Waals surface area contributed by atoms with Gasteiger partial charge in [-0.25, -0.2) is 0 Å². The first-order valence-electron chi connectivity index (χ1n) is 11.0. The lowest BCUT2D eigenvalue weighted by Gasteiger charge is -2.45. The third-order valence-corrected chi connectivity index (χ3v) is 6.44. The summed E-state index contributed by atoms with van der Waals surface area (Å²) in [7, 11) is 0. The number of aromatic nitrogens is 4. The van der Waals surface area contributed by atoms with Crippen molar-refractivity contribution in [1.29, 1.82) is 0 Å². The van der Waals surface area contributed by atoms with Gasteiger partial charge in [0, 0.05) is 26.2 Å². The third-order valence-electron chi connectivity index (χ3n) is 6.44. The molecule has 2 aromatic carbocycles. The smallest absolute Gasteiger partial charge is 0.298 e. The molecule has 2 aliphatic heterocycles. The van der Waals surface area contributed by atoms with E-state index in [1.807, 2.05) is 54.3 Å². The number of piperidine rings is 2. The van der Waals surface area contributed by atoms with Crippen LogP contribution in [0.15, 0.2) is 59.3 Å². The van der Waals surface area contributed by atoms with Gasteiger partial charge in [-0.05, 0) is 49.4 Å². The van der Waals surface area contributed by atoms with E-state index in [4.69, 9.17) is 4.42 Å². The van der Waals surface area contributed by atoms with Gasteiger partial charge in [0.15, 0.2) is 5.58 Å². The Balaban J connectivity index is 1.23. The molecule has 2 saturated heterocycles. The molecule has 2 atom stereocenters. The van der Waals surface area contributed by atoms with Crippen LogP contribution in [0.1, 0.15) is 22.3 Å². The summed E-state index contributed by atoms with van der Waals surface area (Å²) in [5.41, 5.74) is 4.11. The maximum atomic E-state index is 13.6. The van der Waals surface area contributed by atoms with Gasteiger partial charge >= 0.3 is 0 Å². The SMILES string of the molecule is Cc1ccc(-n2nccn2)c(C(=O)N2CC3CC(C2)CN(c2nc4ccccc4o2)C3)c1. The Labute approximate surface area is 185 Å². The predicted molar refractivity (Wildman–Crippen MR) is 120 cm³/mol. The minimum atomic E-state index is 0.0472. The number of hydrogen-bond acceptors (Lipinski definition) is 6. The topological polar surface area (TPSA) is 80.3 Å². The molecule has 32 heavy (non-hydrogen) atoms. The highest BCUT2D eigenvalue weighted by Gasteiger charge is 2.38. The number of amides is 1. The number of oxazole rings is 1. The Bertz CT molecular complexity index is 1230. The van der Waals surface area contributed by atoms with Crippen LogP contribution in [-0.4, -0.2) is 57.0 Å². The van der Waals surface area contributed by atoms with Gasteiger partial charge in [-0.3, -0.25) is 4.79 Å². The lowest BCUT2D eigenvalue weighted by molar-refractivity contribution is 0.0561. The second-order valence-corrected chi connectivity index (χ2v) is 8.89. The first-order valence-corrected chi connectivity index (χ1v) is 11.0. The molecule has 6 rings (SSSR count). The highest BCUT2D eigenvalue weighted by atomic mass is 16.4. The van der Waals surface area contributed by atoms with Gasteiger partial charge in [0.05, 0.1) is 23.6 Å². The van der Waals surface area contributed by atoms with E-state index in [2.05, 4.69) is 20.1 Å². The van der Waals surface area contributed by atoms with Gasteiger partial charge < -0.3 is 14.2 Å². The molecule has 2 aromatic heterocycles. The number of hydrogen-bond donors (Lipinski definition) is 0. The predicted octanol–water partition coefficient (Wildman–Crippen LogP) is 3.32. The van der Waals surface area contributed by atoms with Gasteiger partial charge in [0.2, 0.25) is 0 Å². The van der Waals surface area contributed by atoms with Gasteiger partial charge in [0.1, 0.15) is 5.52 Å². The van der Waals surface area contributed by atoms with E-state index in [0.717, 1.165) is 55.0 Å². The Morgan fingerprint density at radius 2 is 1.75 bits per heavy atom. The molecule has 8 nitrogen and oxygen atoms in total. The lowest BCUT2D eigenvalue weighted by atomic mass is 9.84. The molecule has 0 spiro atoms. The van der Waals surface area contributed by atoms with Crippen LogP contribution >= 0.6 is 0 Å². The zero-order valence-corrected chi connectivity index (χ0v) is 17.9. The number of rotatable bonds is 3. The first-order chi connectivity index (χ1) is 15.6. The van der Waals surface area contributed by atoms with Crippen molar-refractivity contribution in [2.24, 2.45) is 11.8 Å². The largest absolute Gasteiger partial charge is 0.423 e. The Kier molecular flexibility index (Phi) is 4.45. The van der Waals surface area contributed by atoms with Crippen molar-refractivity contribution in [3.63, 3.8) is 0 Å². The van der Waals surface area contributed by atoms with Crippen LogP contribution in [0.25, 0.3) is 16.8 Å². The normalized spacial score (nSPS) is 20.7. The van der Waals surface area contributed by atoms with E-state index in [1.54, 1.807) is 12.4 Å². The van der Waals surface area contributed by atoms with Crippen molar-refractivity contribution in [2.45, 2.75) is 13.3 Å². The average molecular weight is 428 g/mol. The molecule has 0 aliphatic carbocycles. The van der Waals surface area contributed by atoms with E-state index in [0.29, 0.717) is 23.4 Å². The first kappa shape index (κ1) is 19.0. The van der Waals surface area contributed by atoms with Crippen LogP contribution in [0, 0.1) is 18.8 Å². The lowest BCUT2D eigenvalue weighted by Crippen LogP contribution is -2.54. The summed E-state index contributed by atoms with van der Waals surface area (Å²) in [5, 5.41) is 8.47. The van der Waals surface area contributed by atoms with Gasteiger partial charge in [-0.15, -0.1) is 0 Å². The van der Waals surface area contributed by atoms with Crippen LogP contribution in [0.4, 0.5) is 6.01 Å². The van der Waals surface area contributed by atoms with Crippen molar-refractivity contribution in [3.8, 4) is 5.69 Å². The summed E-state index contributed by atoms with van der Waals surface area (Å²) >= 11 is 0. The molecule has 2 aliphatic rings. The summed E-state index contributed by atoms with van der Waals surface area (Å²) in [6.45, 7) is 5.14. The van der Waals surface area contributed by atoms with Crippen LogP contribution < -0.4 is 4.90 Å². The summed E-state index contributed by atoms with van der Waals surface area (Å²) in [6.07, 6.45) is 4.38. The monoisotopic (exact) mass is 428 g/mol. The summed E-state index contributed by atoms with van der Waals surface area (Å²) in [4.78, 5) is 24.0. The minimum Gasteiger partial charge on any atom is -0.423 e. The number of benzene rings is 2. The van der Waals surface area contributed by atoms with Gasteiger partial charge in [-0.2, -0.15) is 20.0 Å². The number of anilines is 1. The summed E-state index contributed by atoms with van der Waals surface area (Å²) < 4.78 is 6.00. The van der Waals surface area contributed by atoms with Gasteiger partial charge in [-0.1, -0.05) is 23.8 Å². The Morgan fingerprint density at radius 3 is 2.50 bits per heavy atom. The second-order valence-electron chi connectivity index (χ2n) is 8.89. The molecule has 0 N–H and O–H groups in total. The van der Waals surface area contributed by atoms with E-state index >= 15 is 0 Å². The number of aryl methyl sites for hydroxylation is 1. The number of carbonyl (C=O) groups excluding carboxylic acids is 1. The van der Waals surface area contributed by atoms with Crippen molar-refractivity contribution in [1.82, 2.24) is 24.9 Å². The molecule has 0 saturated carbocycles. The van der Waals surface area contributed by atoms with Crippen molar-refractivity contribution < 1.29 is 9.21 Å². The minimum absolute atomic E-state index is 0.0472. The molecule has 8 heteroatoms.